The number of rotatable bonds is 10. The molecular weight excluding hydrogens is 510 g/mol. The van der Waals surface area contributed by atoms with Gasteiger partial charge in [0.25, 0.3) is 5.56 Å². The van der Waals surface area contributed by atoms with E-state index in [4.69, 9.17) is 11.6 Å². The van der Waals surface area contributed by atoms with E-state index in [9.17, 15) is 24.3 Å². The molecule has 1 aliphatic rings. The summed E-state index contributed by atoms with van der Waals surface area (Å²) in [6, 6.07) is 13.8. The number of Topliss-reactive ketones (excluding diaryl/α,β-unsaturated/α-hetero) is 1. The molecule has 4 rings (SSSR count). The van der Waals surface area contributed by atoms with Crippen LogP contribution < -0.4 is 10.9 Å². The predicted octanol–water partition coefficient (Wildman–Crippen LogP) is 3.63. The van der Waals surface area contributed by atoms with Crippen molar-refractivity contribution in [1.29, 1.82) is 0 Å². The van der Waals surface area contributed by atoms with Crippen molar-refractivity contribution < 1.29 is 19.5 Å². The predicted molar refractivity (Wildman–Crippen MR) is 143 cm³/mol. The van der Waals surface area contributed by atoms with Crippen molar-refractivity contribution in [3.8, 4) is 5.69 Å². The highest BCUT2D eigenvalue weighted by Gasteiger charge is 2.42. The summed E-state index contributed by atoms with van der Waals surface area (Å²) in [4.78, 5) is 54.8. The summed E-state index contributed by atoms with van der Waals surface area (Å²) in [6.45, 7) is 4.09. The number of H-pyrrole nitrogens is 1. The molecule has 1 aromatic heterocycles. The first-order valence-electron chi connectivity index (χ1n) is 12.1. The third kappa shape index (κ3) is 5.92. The minimum atomic E-state index is -1.07. The smallest absolute Gasteiger partial charge is 0.344 e. The van der Waals surface area contributed by atoms with E-state index in [0.29, 0.717) is 34.8 Å². The zero-order valence-electron chi connectivity index (χ0n) is 21.0. The molecule has 2 atom stereocenters. The minimum Gasteiger partial charge on any atom is -0.481 e. The summed E-state index contributed by atoms with van der Waals surface area (Å²) in [5.74, 6) is -2.18. The van der Waals surface area contributed by atoms with E-state index < -0.39 is 24.0 Å². The lowest BCUT2D eigenvalue weighted by Crippen LogP contribution is -2.47. The van der Waals surface area contributed by atoms with Crippen LogP contribution in [0.25, 0.3) is 5.69 Å². The molecule has 0 saturated heterocycles. The number of aromatic nitrogens is 2. The fraction of sp³-hybridized carbons (Fsp3) is 0.296. The minimum absolute atomic E-state index is 0.0849. The van der Waals surface area contributed by atoms with Crippen molar-refractivity contribution in [2.45, 2.75) is 26.3 Å². The quantitative estimate of drug-likeness (QED) is 0.267. The van der Waals surface area contributed by atoms with Crippen LogP contribution in [0, 0.1) is 12.8 Å². The summed E-state index contributed by atoms with van der Waals surface area (Å²) in [6.07, 6.45) is 0.477. The van der Waals surface area contributed by atoms with Gasteiger partial charge in [0.1, 0.15) is 5.92 Å². The highest BCUT2D eigenvalue weighted by Crippen LogP contribution is 2.35. The van der Waals surface area contributed by atoms with Gasteiger partial charge in [0.2, 0.25) is 0 Å². The van der Waals surface area contributed by atoms with Gasteiger partial charge in [-0.15, -0.1) is 0 Å². The maximum atomic E-state index is 12.8. The molecule has 0 radical (unpaired) electrons. The fourth-order valence-corrected chi connectivity index (χ4v) is 4.80. The molecule has 2 amide bonds. The number of amides is 2. The molecule has 2 aromatic carbocycles. The Balaban J connectivity index is 1.35. The van der Waals surface area contributed by atoms with Gasteiger partial charge in [-0.1, -0.05) is 23.7 Å². The Morgan fingerprint density at radius 3 is 2.47 bits per heavy atom. The number of halogens is 1. The topological polar surface area (TPSA) is 137 Å². The highest BCUT2D eigenvalue weighted by atomic mass is 35.5. The number of hydrogen-bond acceptors (Lipinski definition) is 5. The van der Waals surface area contributed by atoms with Gasteiger partial charge in [-0.3, -0.25) is 19.5 Å². The molecule has 0 spiro atoms. The van der Waals surface area contributed by atoms with Crippen molar-refractivity contribution in [3.63, 3.8) is 0 Å². The molecule has 0 aliphatic carbocycles. The van der Waals surface area contributed by atoms with Crippen LogP contribution in [-0.4, -0.2) is 62.9 Å². The molecule has 0 bridgehead atoms. The summed E-state index contributed by atoms with van der Waals surface area (Å²) >= 11 is 6.15. The van der Waals surface area contributed by atoms with Crippen LogP contribution in [-0.2, 0) is 4.79 Å². The van der Waals surface area contributed by atoms with Gasteiger partial charge >= 0.3 is 12.0 Å². The van der Waals surface area contributed by atoms with Gasteiger partial charge in [0.05, 0.1) is 18.3 Å². The summed E-state index contributed by atoms with van der Waals surface area (Å²) in [5.41, 5.74) is 2.56. The number of aryl methyl sites for hydroxylation is 1. The first-order chi connectivity index (χ1) is 18.2. The fourth-order valence-electron chi connectivity index (χ4n) is 4.60. The number of carbonyl (C=O) groups excluding carboxylic acids is 2. The molecule has 198 valence electrons. The average Bonchev–Trinajstić information content (AvgIpc) is 3.21. The molecule has 3 N–H and O–H groups in total. The Bertz CT molecular complexity index is 1440. The molecule has 11 heteroatoms. The number of carboxylic acids is 1. The van der Waals surface area contributed by atoms with Crippen LogP contribution in [0.4, 0.5) is 4.79 Å². The van der Waals surface area contributed by atoms with Crippen LogP contribution in [0.15, 0.2) is 64.4 Å². The summed E-state index contributed by atoms with van der Waals surface area (Å²) < 4.78 is 1.40. The third-order valence-electron chi connectivity index (χ3n) is 6.41. The second kappa shape index (κ2) is 11.6. The van der Waals surface area contributed by atoms with E-state index >= 15 is 0 Å². The first kappa shape index (κ1) is 27.0. The maximum Gasteiger partial charge on any atom is 0.344 e. The largest absolute Gasteiger partial charge is 0.481 e. The molecule has 38 heavy (non-hydrogen) atoms. The van der Waals surface area contributed by atoms with E-state index in [1.54, 1.807) is 62.4 Å². The zero-order valence-corrected chi connectivity index (χ0v) is 21.7. The SMILES string of the molecule is CC1=NC(=O)N(CCCNCC(=O)c2ccc(-n3[nH]c(C)cc3=O)cc2)C(c2cccc(Cl)c2)C1C(=O)O. The van der Waals surface area contributed by atoms with E-state index in [1.807, 2.05) is 0 Å². The van der Waals surface area contributed by atoms with Gasteiger partial charge < -0.3 is 15.3 Å². The number of aliphatic carboxylic acids is 1. The molecule has 0 saturated carbocycles. The molecule has 2 heterocycles. The number of carboxylic acid groups (broad SMARTS) is 1. The number of hydrogen-bond donors (Lipinski definition) is 3. The normalized spacial score (nSPS) is 17.4. The Labute approximate surface area is 223 Å². The van der Waals surface area contributed by atoms with Crippen LogP contribution >= 0.6 is 11.6 Å². The molecule has 2 unspecified atom stereocenters. The van der Waals surface area contributed by atoms with E-state index in [1.165, 1.54) is 15.6 Å². The monoisotopic (exact) mass is 537 g/mol. The number of ketones is 1. The second-order valence-electron chi connectivity index (χ2n) is 9.16. The van der Waals surface area contributed by atoms with Crippen molar-refractivity contribution in [2.75, 3.05) is 19.6 Å². The van der Waals surface area contributed by atoms with Gasteiger partial charge in [-0.25, -0.2) is 14.5 Å². The van der Waals surface area contributed by atoms with Crippen LogP contribution in [0.1, 0.15) is 41.0 Å². The Kier molecular flexibility index (Phi) is 8.23. The molecule has 0 fully saturated rings. The Morgan fingerprint density at radius 1 is 1.11 bits per heavy atom. The lowest BCUT2D eigenvalue weighted by Gasteiger charge is -2.38. The number of aromatic amines is 1. The van der Waals surface area contributed by atoms with Gasteiger partial charge in [0, 0.05) is 34.6 Å². The maximum absolute atomic E-state index is 12.8. The van der Waals surface area contributed by atoms with Crippen molar-refractivity contribution >= 4 is 35.1 Å². The van der Waals surface area contributed by atoms with Gasteiger partial charge in [-0.2, -0.15) is 0 Å². The lowest BCUT2D eigenvalue weighted by atomic mass is 9.87. The number of nitrogens with one attached hydrogen (secondary N) is 2. The van der Waals surface area contributed by atoms with E-state index in [-0.39, 0.29) is 30.1 Å². The average molecular weight is 538 g/mol. The third-order valence-corrected chi connectivity index (χ3v) is 6.64. The lowest BCUT2D eigenvalue weighted by molar-refractivity contribution is -0.141. The standard InChI is InChI=1S/C27H28ClN5O5/c1-16-13-23(35)33(31-16)21-9-7-18(8-10-21)22(34)15-29-11-4-12-32-25(19-5-3-6-20(28)14-19)24(26(36)37)17(2)30-27(32)38/h3,5-10,13-14,24-25,29,31H,4,11-12,15H2,1-2H3,(H,36,37). The van der Waals surface area contributed by atoms with Crippen molar-refractivity contribution in [3.05, 3.63) is 86.8 Å². The molecule has 3 aromatic rings. The molecule has 1 aliphatic heterocycles. The number of benzene rings is 2. The van der Waals surface area contributed by atoms with Gasteiger partial charge in [0.15, 0.2) is 5.78 Å². The van der Waals surface area contributed by atoms with E-state index in [0.717, 1.165) is 5.69 Å². The van der Waals surface area contributed by atoms with Crippen molar-refractivity contribution in [2.24, 2.45) is 10.9 Å². The van der Waals surface area contributed by atoms with Crippen LogP contribution in [0.3, 0.4) is 0 Å². The zero-order chi connectivity index (χ0) is 27.4. The highest BCUT2D eigenvalue weighted by molar-refractivity contribution is 6.30. The first-order valence-corrected chi connectivity index (χ1v) is 12.5. The number of carbonyl (C=O) groups is 3. The molecule has 10 nitrogen and oxygen atoms in total. The van der Waals surface area contributed by atoms with E-state index in [2.05, 4.69) is 15.4 Å². The number of aliphatic imine (C=N–C) groups is 1. The summed E-state index contributed by atoms with van der Waals surface area (Å²) in [5, 5.41) is 16.3. The molecular formula is C27H28ClN5O5. The van der Waals surface area contributed by atoms with Crippen LogP contribution in [0.5, 0.6) is 0 Å². The second-order valence-corrected chi connectivity index (χ2v) is 9.59. The number of urea groups is 1. The summed E-state index contributed by atoms with van der Waals surface area (Å²) in [7, 11) is 0. The van der Waals surface area contributed by atoms with Crippen LogP contribution in [0.2, 0.25) is 5.02 Å². The Hall–Kier alpha value is -4.02. The van der Waals surface area contributed by atoms with Gasteiger partial charge in [-0.05, 0) is 68.8 Å². The van der Waals surface area contributed by atoms with Crippen molar-refractivity contribution in [1.82, 2.24) is 20.0 Å². The Morgan fingerprint density at radius 2 is 1.84 bits per heavy atom. The number of nitrogens with zero attached hydrogens (tertiary/aromatic N) is 3.